The lowest BCUT2D eigenvalue weighted by Gasteiger charge is -2.10. The summed E-state index contributed by atoms with van der Waals surface area (Å²) < 4.78 is 5.13. The molecule has 1 N–H and O–H groups in total. The Balaban J connectivity index is 2.02. The first-order chi connectivity index (χ1) is 13.6. The Morgan fingerprint density at radius 1 is 0.821 bits per heavy atom. The molecule has 0 bridgehead atoms. The quantitative estimate of drug-likeness (QED) is 0.218. The Hall–Kier alpha value is -1.51. The van der Waals surface area contributed by atoms with Crippen molar-refractivity contribution in [3.63, 3.8) is 0 Å². The molecule has 0 unspecified atom stereocenters. The van der Waals surface area contributed by atoms with E-state index in [4.69, 9.17) is 4.74 Å². The van der Waals surface area contributed by atoms with Gasteiger partial charge in [0, 0.05) is 12.5 Å². The van der Waals surface area contributed by atoms with Crippen molar-refractivity contribution in [1.82, 2.24) is 0 Å². The molecule has 0 amide bonds. The van der Waals surface area contributed by atoms with Gasteiger partial charge >= 0.3 is 0 Å². The number of hydrogen-bond acceptors (Lipinski definition) is 3. The maximum Gasteiger partial charge on any atom is 0.166 e. The summed E-state index contributed by atoms with van der Waals surface area (Å²) in [7, 11) is 1.56. The maximum absolute atomic E-state index is 12.4. The van der Waals surface area contributed by atoms with Gasteiger partial charge in [0.25, 0.3) is 0 Å². The Bertz CT molecular complexity index is 528. The molecule has 1 aromatic rings. The number of Topliss-reactive ketones (excluding diaryl/α,β-unsaturated/α-hetero) is 1. The van der Waals surface area contributed by atoms with E-state index in [1.807, 2.05) is 6.92 Å². The molecule has 3 heteroatoms. The van der Waals surface area contributed by atoms with Crippen molar-refractivity contribution >= 4 is 5.78 Å². The standard InChI is InChI=1S/C25H42O3/c1-4-5-6-7-8-9-10-11-12-13-14-15-16-17-18-23(26)25-21(2)19-22(28-3)20-24(25)27/h19-20,27H,4-18H2,1-3H3. The van der Waals surface area contributed by atoms with Gasteiger partial charge < -0.3 is 9.84 Å². The minimum Gasteiger partial charge on any atom is -0.507 e. The summed E-state index contributed by atoms with van der Waals surface area (Å²) in [6.45, 7) is 4.12. The molecule has 0 aliphatic carbocycles. The smallest absolute Gasteiger partial charge is 0.166 e. The molecule has 0 aliphatic rings. The van der Waals surface area contributed by atoms with Gasteiger partial charge in [0.1, 0.15) is 11.5 Å². The zero-order valence-electron chi connectivity index (χ0n) is 18.5. The normalized spacial score (nSPS) is 11.0. The van der Waals surface area contributed by atoms with E-state index in [9.17, 15) is 9.90 Å². The average molecular weight is 391 g/mol. The first-order valence-corrected chi connectivity index (χ1v) is 11.5. The van der Waals surface area contributed by atoms with Crippen molar-refractivity contribution in [1.29, 1.82) is 0 Å². The van der Waals surface area contributed by atoms with E-state index in [0.29, 0.717) is 17.7 Å². The fourth-order valence-electron chi connectivity index (χ4n) is 3.82. The van der Waals surface area contributed by atoms with E-state index in [-0.39, 0.29) is 11.5 Å². The highest BCUT2D eigenvalue weighted by atomic mass is 16.5. The number of phenolic OH excluding ortho intramolecular Hbond substituents is 1. The number of methoxy groups -OCH3 is 1. The molecule has 3 nitrogen and oxygen atoms in total. The van der Waals surface area contributed by atoms with E-state index in [2.05, 4.69) is 6.92 Å². The molecule has 0 radical (unpaired) electrons. The lowest BCUT2D eigenvalue weighted by atomic mass is 9.98. The fourth-order valence-corrected chi connectivity index (χ4v) is 3.82. The predicted octanol–water partition coefficient (Wildman–Crippen LogP) is 7.76. The van der Waals surface area contributed by atoms with Gasteiger partial charge in [-0.05, 0) is 25.0 Å². The number of ketones is 1. The molecule has 0 atom stereocenters. The Labute approximate surface area is 172 Å². The number of ether oxygens (including phenoxy) is 1. The van der Waals surface area contributed by atoms with Crippen LogP contribution < -0.4 is 4.74 Å². The largest absolute Gasteiger partial charge is 0.507 e. The van der Waals surface area contributed by atoms with Crippen molar-refractivity contribution in [3.05, 3.63) is 23.3 Å². The summed E-state index contributed by atoms with van der Waals surface area (Å²) in [5.74, 6) is 0.659. The Kier molecular flexibility index (Phi) is 13.5. The lowest BCUT2D eigenvalue weighted by molar-refractivity contribution is 0.0976. The molecule has 160 valence electrons. The fraction of sp³-hybridized carbons (Fsp3) is 0.720. The first kappa shape index (κ1) is 24.5. The van der Waals surface area contributed by atoms with Crippen LogP contribution in [0, 0.1) is 6.92 Å². The molecule has 1 aromatic carbocycles. The molecule has 0 spiro atoms. The number of unbranched alkanes of at least 4 members (excludes halogenated alkanes) is 13. The minimum absolute atomic E-state index is 0.0345. The monoisotopic (exact) mass is 390 g/mol. The zero-order valence-corrected chi connectivity index (χ0v) is 18.5. The van der Waals surface area contributed by atoms with Gasteiger partial charge in [-0.3, -0.25) is 4.79 Å². The predicted molar refractivity (Wildman–Crippen MR) is 119 cm³/mol. The van der Waals surface area contributed by atoms with Crippen LogP contribution in [0.3, 0.4) is 0 Å². The van der Waals surface area contributed by atoms with Gasteiger partial charge in [-0.1, -0.05) is 90.4 Å². The number of aromatic hydroxyl groups is 1. The van der Waals surface area contributed by atoms with Crippen molar-refractivity contribution in [2.24, 2.45) is 0 Å². The van der Waals surface area contributed by atoms with E-state index >= 15 is 0 Å². The molecule has 0 saturated heterocycles. The molecule has 0 saturated carbocycles. The third kappa shape index (κ3) is 10.1. The summed E-state index contributed by atoms with van der Waals surface area (Å²) >= 11 is 0. The highest BCUT2D eigenvalue weighted by Crippen LogP contribution is 2.29. The third-order valence-electron chi connectivity index (χ3n) is 5.56. The van der Waals surface area contributed by atoms with Crippen molar-refractivity contribution < 1.29 is 14.6 Å². The number of aryl methyl sites for hydroxylation is 1. The third-order valence-corrected chi connectivity index (χ3v) is 5.56. The Morgan fingerprint density at radius 2 is 1.29 bits per heavy atom. The number of carbonyl (C=O) groups excluding carboxylic acids is 1. The van der Waals surface area contributed by atoms with Gasteiger partial charge in [0.05, 0.1) is 12.7 Å². The van der Waals surface area contributed by atoms with Crippen LogP contribution in [-0.4, -0.2) is 18.0 Å². The second kappa shape index (κ2) is 15.4. The number of benzene rings is 1. The molecule has 0 fully saturated rings. The molecule has 1 rings (SSSR count). The van der Waals surface area contributed by atoms with Gasteiger partial charge in [-0.2, -0.15) is 0 Å². The van der Waals surface area contributed by atoms with Gasteiger partial charge in [-0.25, -0.2) is 0 Å². The number of rotatable bonds is 17. The lowest BCUT2D eigenvalue weighted by Crippen LogP contribution is -2.03. The molecular weight excluding hydrogens is 348 g/mol. The van der Waals surface area contributed by atoms with Gasteiger partial charge in [0.15, 0.2) is 5.78 Å². The maximum atomic E-state index is 12.4. The number of hydrogen-bond donors (Lipinski definition) is 1. The number of carbonyl (C=O) groups is 1. The van der Waals surface area contributed by atoms with Crippen LogP contribution >= 0.6 is 0 Å². The van der Waals surface area contributed by atoms with Gasteiger partial charge in [0.2, 0.25) is 0 Å². The summed E-state index contributed by atoms with van der Waals surface area (Å²) in [5, 5.41) is 10.1. The van der Waals surface area contributed by atoms with Crippen molar-refractivity contribution in [2.75, 3.05) is 7.11 Å². The highest BCUT2D eigenvalue weighted by molar-refractivity contribution is 6.00. The van der Waals surface area contributed by atoms with Crippen LogP contribution in [0.5, 0.6) is 11.5 Å². The Morgan fingerprint density at radius 3 is 1.71 bits per heavy atom. The molecule has 28 heavy (non-hydrogen) atoms. The van der Waals surface area contributed by atoms with Crippen LogP contribution in [0.1, 0.15) is 119 Å². The van der Waals surface area contributed by atoms with Crippen LogP contribution in [-0.2, 0) is 0 Å². The molecule has 0 heterocycles. The molecule has 0 aromatic heterocycles. The summed E-state index contributed by atoms with van der Waals surface area (Å²) in [5.41, 5.74) is 1.24. The highest BCUT2D eigenvalue weighted by Gasteiger charge is 2.15. The van der Waals surface area contributed by atoms with E-state index in [0.717, 1.165) is 18.4 Å². The second-order valence-electron chi connectivity index (χ2n) is 8.11. The SMILES string of the molecule is CCCCCCCCCCCCCCCCC(=O)c1c(C)cc(OC)cc1O. The first-order valence-electron chi connectivity index (χ1n) is 11.5. The summed E-state index contributed by atoms with van der Waals surface area (Å²) in [6, 6.07) is 3.32. The average Bonchev–Trinajstić information content (AvgIpc) is 2.67. The topological polar surface area (TPSA) is 46.5 Å². The second-order valence-corrected chi connectivity index (χ2v) is 8.11. The van der Waals surface area contributed by atoms with E-state index < -0.39 is 0 Å². The van der Waals surface area contributed by atoms with Crippen LogP contribution in [0.25, 0.3) is 0 Å². The van der Waals surface area contributed by atoms with Crippen molar-refractivity contribution in [3.8, 4) is 11.5 Å². The summed E-state index contributed by atoms with van der Waals surface area (Å²) in [4.78, 5) is 12.4. The van der Waals surface area contributed by atoms with E-state index in [1.165, 1.54) is 83.1 Å². The van der Waals surface area contributed by atoms with Gasteiger partial charge in [-0.15, -0.1) is 0 Å². The zero-order chi connectivity index (χ0) is 20.6. The minimum atomic E-state index is 0.0345. The van der Waals surface area contributed by atoms with E-state index in [1.54, 1.807) is 13.2 Å². The van der Waals surface area contributed by atoms with Crippen LogP contribution in [0.15, 0.2) is 12.1 Å². The molecule has 0 aliphatic heterocycles. The summed E-state index contributed by atoms with van der Waals surface area (Å²) in [6.07, 6.45) is 18.8. The van der Waals surface area contributed by atoms with Crippen LogP contribution in [0.4, 0.5) is 0 Å². The number of phenols is 1. The van der Waals surface area contributed by atoms with Crippen molar-refractivity contribution in [2.45, 2.75) is 110 Å². The molecular formula is C25H42O3. The van der Waals surface area contributed by atoms with Crippen LogP contribution in [0.2, 0.25) is 0 Å².